The Morgan fingerprint density at radius 2 is 1.96 bits per heavy atom. The Balaban J connectivity index is 1.52. The summed E-state index contributed by atoms with van der Waals surface area (Å²) in [4.78, 5) is 28.3. The molecule has 1 aromatic rings. The summed E-state index contributed by atoms with van der Waals surface area (Å²) in [5.41, 5.74) is 3.14. The van der Waals surface area contributed by atoms with Gasteiger partial charge < -0.3 is 20.4 Å². The number of hydrogen-bond acceptors (Lipinski definition) is 4. The SMILES string of the molecule is O=C1CCC(N2Cc3cc(N4CCNCC4)ccc3C2=O)CN1. The van der Waals surface area contributed by atoms with Gasteiger partial charge in [-0.1, -0.05) is 0 Å². The van der Waals surface area contributed by atoms with Crippen LogP contribution in [0.4, 0.5) is 5.69 Å². The van der Waals surface area contributed by atoms with Crippen molar-refractivity contribution in [2.24, 2.45) is 0 Å². The van der Waals surface area contributed by atoms with E-state index in [9.17, 15) is 9.59 Å². The van der Waals surface area contributed by atoms with Crippen LogP contribution >= 0.6 is 0 Å². The molecule has 122 valence electrons. The van der Waals surface area contributed by atoms with Crippen molar-refractivity contribution < 1.29 is 9.59 Å². The summed E-state index contributed by atoms with van der Waals surface area (Å²) < 4.78 is 0. The van der Waals surface area contributed by atoms with Crippen molar-refractivity contribution >= 4 is 17.5 Å². The molecule has 2 fully saturated rings. The second-order valence-electron chi connectivity index (χ2n) is 6.51. The van der Waals surface area contributed by atoms with Crippen molar-refractivity contribution in [2.45, 2.75) is 25.4 Å². The van der Waals surface area contributed by atoms with Gasteiger partial charge in [-0.05, 0) is 30.2 Å². The molecule has 23 heavy (non-hydrogen) atoms. The van der Waals surface area contributed by atoms with Gasteiger partial charge in [-0.2, -0.15) is 0 Å². The highest BCUT2D eigenvalue weighted by Crippen LogP contribution is 2.30. The Morgan fingerprint density at radius 3 is 2.70 bits per heavy atom. The minimum Gasteiger partial charge on any atom is -0.369 e. The first-order valence-corrected chi connectivity index (χ1v) is 8.38. The Bertz CT molecular complexity index is 629. The largest absolute Gasteiger partial charge is 0.369 e. The average molecular weight is 314 g/mol. The normalized spacial score (nSPS) is 24.6. The van der Waals surface area contributed by atoms with E-state index in [2.05, 4.69) is 27.7 Å². The second kappa shape index (κ2) is 5.85. The first-order valence-electron chi connectivity index (χ1n) is 8.38. The lowest BCUT2D eigenvalue weighted by molar-refractivity contribution is -0.123. The quantitative estimate of drug-likeness (QED) is 0.826. The van der Waals surface area contributed by atoms with Crippen molar-refractivity contribution in [2.75, 3.05) is 37.6 Å². The van der Waals surface area contributed by atoms with E-state index in [1.807, 2.05) is 11.0 Å². The van der Waals surface area contributed by atoms with E-state index in [0.717, 1.165) is 43.7 Å². The van der Waals surface area contributed by atoms with Crippen LogP contribution in [0.15, 0.2) is 18.2 Å². The van der Waals surface area contributed by atoms with E-state index in [-0.39, 0.29) is 17.9 Å². The third-order valence-electron chi connectivity index (χ3n) is 5.08. The average Bonchev–Trinajstić information content (AvgIpc) is 2.93. The number of carbonyl (C=O) groups is 2. The summed E-state index contributed by atoms with van der Waals surface area (Å²) >= 11 is 0. The standard InChI is InChI=1S/C17H22N4O2/c22-16-4-2-14(10-19-16)21-11-12-9-13(1-3-15(12)17(21)23)20-7-5-18-6-8-20/h1,3,9,14,18H,2,4-8,10-11H2,(H,19,22). The van der Waals surface area contributed by atoms with Crippen molar-refractivity contribution in [3.8, 4) is 0 Å². The van der Waals surface area contributed by atoms with E-state index in [1.165, 1.54) is 5.69 Å². The van der Waals surface area contributed by atoms with E-state index in [1.54, 1.807) is 0 Å². The lowest BCUT2D eigenvalue weighted by Gasteiger charge is -2.31. The third kappa shape index (κ3) is 2.67. The molecule has 0 saturated carbocycles. The first kappa shape index (κ1) is 14.5. The number of nitrogens with zero attached hydrogens (tertiary/aromatic N) is 2. The Labute approximate surface area is 135 Å². The van der Waals surface area contributed by atoms with Gasteiger partial charge in [-0.15, -0.1) is 0 Å². The molecule has 2 saturated heterocycles. The van der Waals surface area contributed by atoms with E-state index < -0.39 is 0 Å². The molecule has 1 aromatic carbocycles. The summed E-state index contributed by atoms with van der Waals surface area (Å²) in [6.45, 7) is 5.25. The molecule has 1 unspecified atom stereocenters. The molecule has 0 aliphatic carbocycles. The number of hydrogen-bond donors (Lipinski definition) is 2. The number of piperazine rings is 1. The van der Waals surface area contributed by atoms with Gasteiger partial charge in [0.15, 0.2) is 0 Å². The summed E-state index contributed by atoms with van der Waals surface area (Å²) in [6.07, 6.45) is 1.27. The highest BCUT2D eigenvalue weighted by atomic mass is 16.2. The molecule has 6 nitrogen and oxygen atoms in total. The zero-order chi connectivity index (χ0) is 15.8. The molecule has 0 spiro atoms. The van der Waals surface area contributed by atoms with Crippen LogP contribution < -0.4 is 15.5 Å². The third-order valence-corrected chi connectivity index (χ3v) is 5.08. The van der Waals surface area contributed by atoms with Crippen LogP contribution in [0.3, 0.4) is 0 Å². The van der Waals surface area contributed by atoms with Crippen molar-refractivity contribution in [1.82, 2.24) is 15.5 Å². The molecule has 6 heteroatoms. The molecular formula is C17H22N4O2. The Kier molecular flexibility index (Phi) is 3.69. The number of carbonyl (C=O) groups excluding carboxylic acids is 2. The molecule has 3 heterocycles. The van der Waals surface area contributed by atoms with Gasteiger partial charge in [0.25, 0.3) is 5.91 Å². The van der Waals surface area contributed by atoms with E-state index in [0.29, 0.717) is 19.5 Å². The molecule has 4 rings (SSSR count). The summed E-state index contributed by atoms with van der Waals surface area (Å²) in [6, 6.07) is 6.32. The summed E-state index contributed by atoms with van der Waals surface area (Å²) in [7, 11) is 0. The van der Waals surface area contributed by atoms with Crippen LogP contribution in [0.5, 0.6) is 0 Å². The summed E-state index contributed by atoms with van der Waals surface area (Å²) in [5, 5.41) is 6.23. The maximum Gasteiger partial charge on any atom is 0.254 e. The second-order valence-corrected chi connectivity index (χ2v) is 6.51. The van der Waals surface area contributed by atoms with Gasteiger partial charge in [0.1, 0.15) is 0 Å². The number of piperidine rings is 1. The number of fused-ring (bicyclic) bond motifs is 1. The zero-order valence-corrected chi connectivity index (χ0v) is 13.2. The smallest absolute Gasteiger partial charge is 0.254 e. The van der Waals surface area contributed by atoms with Gasteiger partial charge in [0, 0.05) is 56.9 Å². The summed E-state index contributed by atoms with van der Waals surface area (Å²) in [5.74, 6) is 0.194. The molecule has 3 aliphatic heterocycles. The van der Waals surface area contributed by atoms with Crippen LogP contribution in [-0.4, -0.2) is 55.5 Å². The molecule has 3 aliphatic rings. The molecular weight excluding hydrogens is 292 g/mol. The fourth-order valence-corrected chi connectivity index (χ4v) is 3.73. The highest BCUT2D eigenvalue weighted by molar-refractivity contribution is 5.99. The van der Waals surface area contributed by atoms with Crippen LogP contribution in [-0.2, 0) is 11.3 Å². The number of amides is 2. The number of anilines is 1. The lowest BCUT2D eigenvalue weighted by atomic mass is 10.1. The lowest BCUT2D eigenvalue weighted by Crippen LogP contribution is -2.48. The monoisotopic (exact) mass is 314 g/mol. The maximum atomic E-state index is 12.7. The van der Waals surface area contributed by atoms with E-state index >= 15 is 0 Å². The predicted octanol–water partition coefficient (Wildman–Crippen LogP) is 0.331. The molecule has 2 amide bonds. The molecule has 0 bridgehead atoms. The maximum absolute atomic E-state index is 12.7. The fraction of sp³-hybridized carbons (Fsp3) is 0.529. The zero-order valence-electron chi connectivity index (χ0n) is 13.2. The highest BCUT2D eigenvalue weighted by Gasteiger charge is 2.34. The Morgan fingerprint density at radius 1 is 1.13 bits per heavy atom. The van der Waals surface area contributed by atoms with Crippen LogP contribution in [0.25, 0.3) is 0 Å². The van der Waals surface area contributed by atoms with Gasteiger partial charge in [0.05, 0.1) is 6.04 Å². The van der Waals surface area contributed by atoms with Gasteiger partial charge in [0.2, 0.25) is 5.91 Å². The number of nitrogens with one attached hydrogen (secondary N) is 2. The fourth-order valence-electron chi connectivity index (χ4n) is 3.73. The molecule has 0 radical (unpaired) electrons. The van der Waals surface area contributed by atoms with Crippen molar-refractivity contribution in [1.29, 1.82) is 0 Å². The predicted molar refractivity (Wildman–Crippen MR) is 87.4 cm³/mol. The number of benzene rings is 1. The minimum absolute atomic E-state index is 0.0893. The number of rotatable bonds is 2. The Hall–Kier alpha value is -2.08. The van der Waals surface area contributed by atoms with Gasteiger partial charge >= 0.3 is 0 Å². The van der Waals surface area contributed by atoms with Crippen LogP contribution in [0.1, 0.15) is 28.8 Å². The topological polar surface area (TPSA) is 64.7 Å². The van der Waals surface area contributed by atoms with Crippen LogP contribution in [0, 0.1) is 0 Å². The van der Waals surface area contributed by atoms with Gasteiger partial charge in [-0.25, -0.2) is 0 Å². The molecule has 0 aromatic heterocycles. The first-order chi connectivity index (χ1) is 11.2. The minimum atomic E-state index is 0.0893. The van der Waals surface area contributed by atoms with Crippen molar-refractivity contribution in [3.63, 3.8) is 0 Å². The van der Waals surface area contributed by atoms with E-state index in [4.69, 9.17) is 0 Å². The van der Waals surface area contributed by atoms with Crippen molar-refractivity contribution in [3.05, 3.63) is 29.3 Å². The van der Waals surface area contributed by atoms with Gasteiger partial charge in [-0.3, -0.25) is 9.59 Å². The van der Waals surface area contributed by atoms with Crippen LogP contribution in [0.2, 0.25) is 0 Å². The molecule has 2 N–H and O–H groups in total. The molecule has 1 atom stereocenters.